The van der Waals surface area contributed by atoms with Crippen LogP contribution in [-0.4, -0.2) is 26.2 Å². The molecule has 0 heterocycles. The Labute approximate surface area is 235 Å². The first-order valence-electron chi connectivity index (χ1n) is 11.0. The van der Waals surface area contributed by atoms with Gasteiger partial charge in [-0.25, -0.2) is 0 Å². The molecule has 0 bridgehead atoms. The van der Waals surface area contributed by atoms with E-state index < -0.39 is 16.5 Å². The summed E-state index contributed by atoms with van der Waals surface area (Å²) in [5.74, 6) is 0. The molecule has 0 aliphatic heterocycles. The molecule has 0 saturated heterocycles. The van der Waals surface area contributed by atoms with Crippen LogP contribution in [0.25, 0.3) is 22.3 Å². The molecule has 0 fully saturated rings. The van der Waals surface area contributed by atoms with Crippen molar-refractivity contribution >= 4 is 42.7 Å². The number of rotatable bonds is 2. The van der Waals surface area contributed by atoms with Crippen molar-refractivity contribution in [1.29, 1.82) is 0 Å². The summed E-state index contributed by atoms with van der Waals surface area (Å²) in [6, 6.07) is 24.2. The Hall–Kier alpha value is -1.42. The average molecular weight is 723 g/mol. The Morgan fingerprint density at radius 3 is 1.36 bits per heavy atom. The maximum atomic E-state index is 8.48. The van der Waals surface area contributed by atoms with Gasteiger partial charge in [0.05, 0.1) is 0 Å². The van der Waals surface area contributed by atoms with E-state index in [0.29, 0.717) is 0 Å². The minimum absolute atomic E-state index is 0. The molecule has 3 rings (SSSR count). The summed E-state index contributed by atoms with van der Waals surface area (Å²) in [7, 11) is -6.74. The number of benzene rings is 3. The predicted octanol–water partition coefficient (Wildman–Crippen LogP) is 4.27. The second kappa shape index (κ2) is 15.1. The van der Waals surface area contributed by atoms with E-state index in [1.54, 1.807) is 0 Å². The van der Waals surface area contributed by atoms with E-state index in [-0.39, 0.29) is 37.0 Å². The quantitative estimate of drug-likeness (QED) is 0.287. The Bertz CT molecular complexity index is 1120. The van der Waals surface area contributed by atoms with Gasteiger partial charge >= 0.3 is 0 Å². The summed E-state index contributed by atoms with van der Waals surface area (Å²) < 4.78 is 17.0. The van der Waals surface area contributed by atoms with Gasteiger partial charge in [0, 0.05) is 26.2 Å². The largest absolute Gasteiger partial charge is 0.598 e. The van der Waals surface area contributed by atoms with Gasteiger partial charge in [-0.1, -0.05) is 117 Å². The topological polar surface area (TPSA) is 126 Å². The van der Waals surface area contributed by atoms with Crippen LogP contribution >= 0.6 is 16.5 Å². The van der Waals surface area contributed by atoms with Gasteiger partial charge in [0.15, 0.2) is 0 Å². The maximum Gasteiger partial charge on any atom is 0.276 e. The SMILES string of the molecule is Cc1c(C(C)(C)C)ccc(-c2ccc(-c3ccccc3)cc2)c1C(C)(C)C.O=[P+]([O-])[O-].O=[P+]([O-])[O-].[Bi]. The van der Waals surface area contributed by atoms with Crippen LogP contribution in [0.5, 0.6) is 0 Å². The molecule has 6 nitrogen and oxygen atoms in total. The zero-order valence-corrected chi connectivity index (χ0v) is 26.9. The predicted molar refractivity (Wildman–Crippen MR) is 140 cm³/mol. The van der Waals surface area contributed by atoms with Crippen molar-refractivity contribution in [2.45, 2.75) is 59.3 Å². The second-order valence-electron chi connectivity index (χ2n) is 10.1. The van der Waals surface area contributed by atoms with Crippen LogP contribution in [-0.2, 0) is 20.0 Å². The van der Waals surface area contributed by atoms with Crippen LogP contribution in [0.1, 0.15) is 58.2 Å². The van der Waals surface area contributed by atoms with E-state index in [2.05, 4.69) is 115 Å². The van der Waals surface area contributed by atoms with Crippen LogP contribution in [0.4, 0.5) is 0 Å². The molecule has 0 amide bonds. The van der Waals surface area contributed by atoms with Gasteiger partial charge in [-0.2, -0.15) is 0 Å². The minimum atomic E-state index is -3.37. The summed E-state index contributed by atoms with van der Waals surface area (Å²) in [5, 5.41) is 0. The summed E-state index contributed by atoms with van der Waals surface area (Å²) in [6.45, 7) is 16.2. The first-order valence-corrected chi connectivity index (χ1v) is 13.2. The first kappa shape index (κ1) is 34.6. The van der Waals surface area contributed by atoms with Crippen molar-refractivity contribution in [3.05, 3.63) is 83.4 Å². The normalized spacial score (nSPS) is 10.6. The second-order valence-corrected chi connectivity index (χ2v) is 10.9. The van der Waals surface area contributed by atoms with Gasteiger partial charge in [0.25, 0.3) is 16.5 Å². The van der Waals surface area contributed by atoms with Gasteiger partial charge in [0.1, 0.15) is 0 Å². The van der Waals surface area contributed by atoms with Crippen LogP contribution in [0.2, 0.25) is 0 Å². The molecule has 3 radical (unpaired) electrons. The summed E-state index contributed by atoms with van der Waals surface area (Å²) >= 11 is 0. The molecule has 0 atom stereocenters. The Morgan fingerprint density at radius 1 is 0.583 bits per heavy atom. The van der Waals surface area contributed by atoms with E-state index in [1.165, 1.54) is 38.9 Å². The molecule has 193 valence electrons. The van der Waals surface area contributed by atoms with Crippen LogP contribution in [0, 0.1) is 6.92 Å². The van der Waals surface area contributed by atoms with Crippen molar-refractivity contribution in [1.82, 2.24) is 0 Å². The Morgan fingerprint density at radius 2 is 0.972 bits per heavy atom. The molecule has 9 heteroatoms. The molecule has 0 aliphatic rings. The summed E-state index contributed by atoms with van der Waals surface area (Å²) in [5.41, 5.74) is 9.76. The Kier molecular flexibility index (Phi) is 14.5. The van der Waals surface area contributed by atoms with Crippen LogP contribution < -0.4 is 19.6 Å². The molecule has 0 unspecified atom stereocenters. The van der Waals surface area contributed by atoms with Gasteiger partial charge in [-0.3, -0.25) is 0 Å². The average Bonchev–Trinajstić information content (AvgIpc) is 2.71. The van der Waals surface area contributed by atoms with E-state index in [9.17, 15) is 0 Å². The molecule has 0 aromatic heterocycles. The molecule has 0 spiro atoms. The summed E-state index contributed by atoms with van der Waals surface area (Å²) in [4.78, 5) is 33.9. The van der Waals surface area contributed by atoms with Crippen LogP contribution in [0.3, 0.4) is 0 Å². The molecule has 0 aliphatic carbocycles. The molecule has 0 saturated carbocycles. The van der Waals surface area contributed by atoms with Crippen LogP contribution in [0.15, 0.2) is 66.7 Å². The van der Waals surface area contributed by atoms with Gasteiger partial charge in [0.2, 0.25) is 0 Å². The minimum Gasteiger partial charge on any atom is -0.598 e. The van der Waals surface area contributed by atoms with E-state index in [0.717, 1.165) is 0 Å². The maximum absolute atomic E-state index is 8.48. The third-order valence-corrected chi connectivity index (χ3v) is 5.33. The number of hydrogen-bond acceptors (Lipinski definition) is 6. The molecular weight excluding hydrogens is 691 g/mol. The fourth-order valence-corrected chi connectivity index (χ4v) is 4.20. The van der Waals surface area contributed by atoms with Crippen molar-refractivity contribution in [3.8, 4) is 22.3 Å². The van der Waals surface area contributed by atoms with Gasteiger partial charge in [-0.15, -0.1) is 0 Å². The van der Waals surface area contributed by atoms with Crippen molar-refractivity contribution in [2.75, 3.05) is 0 Å². The van der Waals surface area contributed by atoms with Gasteiger partial charge in [-0.05, 0) is 56.7 Å². The fourth-order valence-electron chi connectivity index (χ4n) is 4.20. The molecule has 0 N–H and O–H groups in total. The molecule has 3 aromatic rings. The van der Waals surface area contributed by atoms with Crippen molar-refractivity contribution in [2.24, 2.45) is 0 Å². The monoisotopic (exact) mass is 723 g/mol. The standard InChI is InChI=1S/C27H32.Bi.2HO3P/c1-19-24(26(2,3)4)18-17-23(25(19)27(5,6)7)22-15-13-21(14-16-22)20-11-9-8-10-12-20;;2*1-4(2)3/h8-18H,1-7H3;;2*(H,1,2,3)/p-2. The Balaban J connectivity index is 0.00000119. The van der Waals surface area contributed by atoms with Gasteiger partial charge < -0.3 is 19.6 Å². The first-order chi connectivity index (χ1) is 16.1. The zero-order valence-electron chi connectivity index (χ0n) is 21.6. The smallest absolute Gasteiger partial charge is 0.276 e. The zero-order chi connectivity index (χ0) is 27.0. The third kappa shape index (κ3) is 11.3. The summed E-state index contributed by atoms with van der Waals surface area (Å²) in [6.07, 6.45) is 0. The van der Waals surface area contributed by atoms with E-state index >= 15 is 0 Å². The number of hydrogen-bond donors (Lipinski definition) is 0. The molecule has 36 heavy (non-hydrogen) atoms. The molecule has 3 aromatic carbocycles. The van der Waals surface area contributed by atoms with E-state index in [4.69, 9.17) is 28.7 Å². The fraction of sp³-hybridized carbons (Fsp3) is 0.333. The van der Waals surface area contributed by atoms with Crippen molar-refractivity contribution in [3.63, 3.8) is 0 Å². The molecular formula is C27H32BiO6P2-2. The third-order valence-electron chi connectivity index (χ3n) is 5.33. The van der Waals surface area contributed by atoms with E-state index in [1.807, 2.05) is 0 Å². The van der Waals surface area contributed by atoms with Crippen molar-refractivity contribution < 1.29 is 28.7 Å².